The maximum Gasteiger partial charge on any atom is 0.0496 e. The fourth-order valence-electron chi connectivity index (χ4n) is 7.47. The molecule has 0 atom stereocenters. The summed E-state index contributed by atoms with van der Waals surface area (Å²) in [6.45, 7) is 4.77. The minimum Gasteiger partial charge on any atom is -0.310 e. The highest BCUT2D eigenvalue weighted by Crippen LogP contribution is 2.53. The van der Waals surface area contributed by atoms with Gasteiger partial charge in [-0.1, -0.05) is 127 Å². The quantitative estimate of drug-likeness (QED) is 0.184. The Balaban J connectivity index is 1.29. The van der Waals surface area contributed by atoms with Crippen molar-refractivity contribution in [3.63, 3.8) is 0 Å². The Hall–Kier alpha value is -4.40. The number of hydrogen-bond donors (Lipinski definition) is 0. The fourth-order valence-corrected chi connectivity index (χ4v) is 8.09. The number of fused-ring (bicyclic) bond motifs is 3. The zero-order valence-corrected chi connectivity index (χ0v) is 27.4. The molecule has 0 spiro atoms. The first-order valence-electron chi connectivity index (χ1n) is 16.1. The van der Waals surface area contributed by atoms with E-state index in [4.69, 9.17) is 0 Å². The second-order valence-electron chi connectivity index (χ2n) is 13.0. The maximum absolute atomic E-state index is 3.84. The van der Waals surface area contributed by atoms with E-state index in [0.29, 0.717) is 0 Å². The molecule has 6 aromatic rings. The van der Waals surface area contributed by atoms with E-state index in [1.54, 1.807) is 0 Å². The van der Waals surface area contributed by atoms with Gasteiger partial charge in [0.15, 0.2) is 0 Å². The lowest BCUT2D eigenvalue weighted by Gasteiger charge is -2.30. The van der Waals surface area contributed by atoms with Gasteiger partial charge in [-0.25, -0.2) is 0 Å². The first-order valence-corrected chi connectivity index (χ1v) is 16.8. The van der Waals surface area contributed by atoms with Gasteiger partial charge >= 0.3 is 0 Å². The Kier molecular flexibility index (Phi) is 6.99. The first kappa shape index (κ1) is 28.1. The first-order chi connectivity index (χ1) is 22.0. The lowest BCUT2D eigenvalue weighted by molar-refractivity contribution is 0.660. The number of para-hydroxylation sites is 1. The summed E-state index contributed by atoms with van der Waals surface area (Å²) in [7, 11) is 0. The maximum atomic E-state index is 3.84. The van der Waals surface area contributed by atoms with Crippen LogP contribution in [0.5, 0.6) is 0 Å². The van der Waals surface area contributed by atoms with Gasteiger partial charge < -0.3 is 4.90 Å². The zero-order chi connectivity index (χ0) is 30.5. The Bertz CT molecular complexity index is 2040. The predicted molar refractivity (Wildman–Crippen MR) is 193 cm³/mol. The Labute approximate surface area is 275 Å². The van der Waals surface area contributed by atoms with Crippen LogP contribution in [0.25, 0.3) is 22.3 Å². The summed E-state index contributed by atoms with van der Waals surface area (Å²) in [5.41, 5.74) is 17.1. The largest absolute Gasteiger partial charge is 0.310 e. The van der Waals surface area contributed by atoms with E-state index in [1.165, 1.54) is 77.2 Å². The van der Waals surface area contributed by atoms with E-state index >= 15 is 0 Å². The third-order valence-corrected chi connectivity index (χ3v) is 10.7. The average Bonchev–Trinajstić information content (AvgIpc) is 3.30. The van der Waals surface area contributed by atoms with Gasteiger partial charge in [0.05, 0.1) is 0 Å². The Morgan fingerprint density at radius 2 is 1.22 bits per heavy atom. The van der Waals surface area contributed by atoms with Crippen LogP contribution in [0.1, 0.15) is 47.2 Å². The lowest BCUT2D eigenvalue weighted by Crippen LogP contribution is -2.17. The number of nitrogens with zero attached hydrogens (tertiary/aromatic N) is 1. The summed E-state index contributed by atoms with van der Waals surface area (Å²) < 4.78 is 1.23. The molecule has 0 radical (unpaired) electrons. The minimum absolute atomic E-state index is 0.116. The topological polar surface area (TPSA) is 3.24 Å². The smallest absolute Gasteiger partial charge is 0.0496 e. The van der Waals surface area contributed by atoms with Crippen LogP contribution in [0.4, 0.5) is 17.1 Å². The van der Waals surface area contributed by atoms with Gasteiger partial charge in [0.2, 0.25) is 0 Å². The van der Waals surface area contributed by atoms with Gasteiger partial charge in [0.1, 0.15) is 0 Å². The van der Waals surface area contributed by atoms with Crippen molar-refractivity contribution in [1.82, 2.24) is 0 Å². The van der Waals surface area contributed by atoms with E-state index in [-0.39, 0.29) is 5.41 Å². The van der Waals surface area contributed by atoms with Crippen molar-refractivity contribution in [1.29, 1.82) is 0 Å². The van der Waals surface area contributed by atoms with Crippen molar-refractivity contribution >= 4 is 33.0 Å². The van der Waals surface area contributed by atoms with Gasteiger partial charge in [-0.15, -0.1) is 0 Å². The molecule has 6 aromatic carbocycles. The average molecular weight is 647 g/mol. The van der Waals surface area contributed by atoms with Crippen molar-refractivity contribution in [3.8, 4) is 22.3 Å². The second-order valence-corrected chi connectivity index (χ2v) is 13.9. The summed E-state index contributed by atoms with van der Waals surface area (Å²) in [6.07, 6.45) is 4.00. The molecule has 0 aromatic heterocycles. The van der Waals surface area contributed by atoms with Crippen LogP contribution in [0, 0.1) is 0 Å². The molecule has 0 unspecified atom stereocenters. The van der Waals surface area contributed by atoms with Crippen LogP contribution >= 0.6 is 15.9 Å². The van der Waals surface area contributed by atoms with E-state index in [0.717, 1.165) is 25.7 Å². The molecule has 45 heavy (non-hydrogen) atoms. The van der Waals surface area contributed by atoms with Crippen LogP contribution in [0.3, 0.4) is 0 Å². The van der Waals surface area contributed by atoms with Crippen molar-refractivity contribution in [2.24, 2.45) is 0 Å². The minimum atomic E-state index is -0.116. The van der Waals surface area contributed by atoms with Gasteiger partial charge in [0.25, 0.3) is 0 Å². The molecule has 4 bridgehead atoms. The Morgan fingerprint density at radius 1 is 0.533 bits per heavy atom. The van der Waals surface area contributed by atoms with E-state index in [9.17, 15) is 0 Å². The monoisotopic (exact) mass is 645 g/mol. The zero-order valence-electron chi connectivity index (χ0n) is 25.9. The van der Waals surface area contributed by atoms with Gasteiger partial charge in [-0.3, -0.25) is 0 Å². The van der Waals surface area contributed by atoms with Crippen LogP contribution in [0.15, 0.2) is 138 Å². The molecule has 0 saturated carbocycles. The molecule has 5 aliphatic carbocycles. The lowest BCUT2D eigenvalue weighted by atomic mass is 9.81. The fraction of sp³-hybridized carbons (Fsp3) is 0.163. The molecule has 0 amide bonds. The summed E-state index contributed by atoms with van der Waals surface area (Å²) in [4.78, 5) is 2.50. The molecular weight excluding hydrogens is 610 g/mol. The number of aryl methyl sites for hydroxylation is 4. The highest BCUT2D eigenvalue weighted by Gasteiger charge is 2.37. The second kappa shape index (κ2) is 11.2. The highest BCUT2D eigenvalue weighted by molar-refractivity contribution is 9.10. The number of anilines is 3. The molecule has 11 rings (SSSR count). The summed E-state index contributed by atoms with van der Waals surface area (Å²) in [5, 5.41) is 0. The van der Waals surface area contributed by atoms with E-state index < -0.39 is 0 Å². The third-order valence-electron chi connectivity index (χ3n) is 9.92. The van der Waals surface area contributed by atoms with Crippen LogP contribution in [-0.4, -0.2) is 0 Å². The molecule has 0 N–H and O–H groups in total. The molecule has 2 heteroatoms. The van der Waals surface area contributed by atoms with Crippen molar-refractivity contribution in [3.05, 3.63) is 171 Å². The summed E-state index contributed by atoms with van der Waals surface area (Å²) in [6, 6.07) is 49.9. The predicted octanol–water partition coefficient (Wildman–Crippen LogP) is 11.8. The van der Waals surface area contributed by atoms with E-state index in [2.05, 4.69) is 168 Å². The van der Waals surface area contributed by atoms with Crippen molar-refractivity contribution < 1.29 is 0 Å². The highest BCUT2D eigenvalue weighted by atomic mass is 79.9. The van der Waals surface area contributed by atoms with Crippen LogP contribution < -0.4 is 4.90 Å². The molecule has 0 saturated heterocycles. The van der Waals surface area contributed by atoms with Crippen molar-refractivity contribution in [2.45, 2.75) is 44.9 Å². The molecular formula is C43H36BrN. The Morgan fingerprint density at radius 3 is 1.98 bits per heavy atom. The van der Waals surface area contributed by atoms with Gasteiger partial charge in [0, 0.05) is 26.9 Å². The van der Waals surface area contributed by atoms with Crippen molar-refractivity contribution in [2.75, 3.05) is 4.90 Å². The number of halogens is 1. The van der Waals surface area contributed by atoms with Gasteiger partial charge in [-0.05, 0) is 118 Å². The van der Waals surface area contributed by atoms with E-state index in [1.807, 2.05) is 0 Å². The standard InChI is InChI=1S/C43H36BrN/c1-43(2)38-15-9-14-36(31-10-5-3-6-11-31)42(38)37-25-24-35(28-39(37)43)45(34-12-7-4-8-13-34)41-27-30-17-21-32-20-16-29(26-40(32)44)18-22-33(41)23-19-30/h3-16,19-20,23-28H,17-18,21-22H2,1-2H3. The summed E-state index contributed by atoms with van der Waals surface area (Å²) >= 11 is 3.84. The SMILES string of the molecule is CC1(C)c2cc(N(c3ccccc3)c3cc4ccc3CCc3ccc(c(Br)c3)CC4)ccc2-c2c(-c3ccccc3)cccc21. The normalized spacial score (nSPS) is 14.4. The number of hydrogen-bond acceptors (Lipinski definition) is 1. The van der Waals surface area contributed by atoms with Crippen LogP contribution in [0.2, 0.25) is 0 Å². The van der Waals surface area contributed by atoms with Gasteiger partial charge in [-0.2, -0.15) is 0 Å². The number of rotatable bonds is 4. The molecule has 0 fully saturated rings. The third kappa shape index (κ3) is 4.93. The van der Waals surface area contributed by atoms with Crippen LogP contribution in [-0.2, 0) is 31.1 Å². The molecule has 220 valence electrons. The molecule has 0 aliphatic heterocycles. The molecule has 5 aliphatic rings. The molecule has 0 heterocycles. The molecule has 1 nitrogen and oxygen atoms in total. The summed E-state index contributed by atoms with van der Waals surface area (Å²) in [5.74, 6) is 0. The number of benzene rings is 6.